The average molecular weight is 282 g/mol. The van der Waals surface area contributed by atoms with Gasteiger partial charge in [-0.2, -0.15) is 0 Å². The molecule has 0 bridgehead atoms. The van der Waals surface area contributed by atoms with Gasteiger partial charge in [0, 0.05) is 30.7 Å². The molecule has 20 heavy (non-hydrogen) atoms. The fourth-order valence-electron chi connectivity index (χ4n) is 2.68. The number of nitrogen functional groups attached to an aromatic ring is 1. The van der Waals surface area contributed by atoms with Crippen LogP contribution < -0.4 is 15.8 Å². The third-order valence-corrected chi connectivity index (χ3v) is 4.20. The molecule has 1 aromatic rings. The Balaban J connectivity index is 2.16. The summed E-state index contributed by atoms with van der Waals surface area (Å²) >= 11 is 0. The van der Waals surface area contributed by atoms with Gasteiger partial charge in [-0.3, -0.25) is 0 Å². The van der Waals surface area contributed by atoms with Gasteiger partial charge in [0.15, 0.2) is 11.6 Å². The number of hydrogen-bond donors (Lipinski definition) is 2. The van der Waals surface area contributed by atoms with E-state index in [-0.39, 0.29) is 23.3 Å². The normalized spacial score (nSPS) is 24.1. The molecule has 1 aliphatic carbocycles. The highest BCUT2D eigenvalue weighted by Gasteiger charge is 2.48. The van der Waals surface area contributed by atoms with Gasteiger partial charge < -0.3 is 20.5 Å². The van der Waals surface area contributed by atoms with Crippen LogP contribution in [0.15, 0.2) is 12.1 Å². The van der Waals surface area contributed by atoms with Crippen LogP contribution in [0.5, 0.6) is 5.75 Å². The Morgan fingerprint density at radius 3 is 2.70 bits per heavy atom. The average Bonchev–Trinajstić information content (AvgIpc) is 2.38. The summed E-state index contributed by atoms with van der Waals surface area (Å²) in [6.45, 7) is 6.53. The zero-order valence-corrected chi connectivity index (χ0v) is 12.5. The van der Waals surface area contributed by atoms with Gasteiger partial charge >= 0.3 is 0 Å². The molecule has 1 fully saturated rings. The Kier molecular flexibility index (Phi) is 4.09. The van der Waals surface area contributed by atoms with Gasteiger partial charge in [0.1, 0.15) is 0 Å². The van der Waals surface area contributed by atoms with Crippen LogP contribution in [0.1, 0.15) is 27.2 Å². The number of rotatable bonds is 5. The summed E-state index contributed by atoms with van der Waals surface area (Å²) < 4.78 is 24.4. The van der Waals surface area contributed by atoms with Crippen LogP contribution in [0.4, 0.5) is 15.8 Å². The lowest BCUT2D eigenvalue weighted by molar-refractivity contribution is -0.0794. The van der Waals surface area contributed by atoms with E-state index in [2.05, 4.69) is 19.2 Å². The Morgan fingerprint density at radius 2 is 2.15 bits per heavy atom. The summed E-state index contributed by atoms with van der Waals surface area (Å²) in [6.07, 6.45) is 1.14. The van der Waals surface area contributed by atoms with Gasteiger partial charge in [0.2, 0.25) is 0 Å². The van der Waals surface area contributed by atoms with Gasteiger partial charge in [-0.15, -0.1) is 0 Å². The summed E-state index contributed by atoms with van der Waals surface area (Å²) in [6, 6.07) is 3.17. The number of hydrogen-bond acceptors (Lipinski definition) is 4. The van der Waals surface area contributed by atoms with Gasteiger partial charge in [0.05, 0.1) is 24.1 Å². The second-order valence-electron chi connectivity index (χ2n) is 5.78. The molecule has 0 radical (unpaired) electrons. The third kappa shape index (κ3) is 2.54. The first-order valence-electron chi connectivity index (χ1n) is 6.91. The summed E-state index contributed by atoms with van der Waals surface area (Å²) in [5.41, 5.74) is 7.00. The Morgan fingerprint density at radius 1 is 1.45 bits per heavy atom. The minimum absolute atomic E-state index is 0.0152. The lowest BCUT2D eigenvalue weighted by atomic mass is 9.64. The Labute approximate surface area is 119 Å². The van der Waals surface area contributed by atoms with E-state index in [0.29, 0.717) is 18.0 Å². The van der Waals surface area contributed by atoms with Crippen LogP contribution in [0.3, 0.4) is 0 Å². The highest BCUT2D eigenvalue weighted by atomic mass is 19.1. The highest BCUT2D eigenvalue weighted by molar-refractivity contribution is 5.69. The molecule has 1 saturated carbocycles. The van der Waals surface area contributed by atoms with Crippen LogP contribution in [0, 0.1) is 11.2 Å². The number of methoxy groups -OCH3 is 1. The van der Waals surface area contributed by atoms with E-state index in [1.807, 2.05) is 6.92 Å². The van der Waals surface area contributed by atoms with E-state index in [9.17, 15) is 4.39 Å². The lowest BCUT2D eigenvalue weighted by Gasteiger charge is -2.51. The van der Waals surface area contributed by atoms with Gasteiger partial charge in [-0.1, -0.05) is 13.8 Å². The number of ether oxygens (including phenoxy) is 2. The molecule has 2 atom stereocenters. The van der Waals surface area contributed by atoms with E-state index < -0.39 is 5.82 Å². The highest BCUT2D eigenvalue weighted by Crippen LogP contribution is 2.45. The van der Waals surface area contributed by atoms with E-state index in [0.717, 1.165) is 6.42 Å². The summed E-state index contributed by atoms with van der Waals surface area (Å²) in [5.74, 6) is -0.206. The number of anilines is 2. The van der Waals surface area contributed by atoms with Gasteiger partial charge in [-0.05, 0) is 13.3 Å². The number of halogens is 1. The smallest absolute Gasteiger partial charge is 0.167 e. The topological polar surface area (TPSA) is 56.5 Å². The minimum Gasteiger partial charge on any atom is -0.491 e. The second kappa shape index (κ2) is 5.48. The molecule has 1 aliphatic rings. The first-order valence-corrected chi connectivity index (χ1v) is 6.91. The van der Waals surface area contributed by atoms with Crippen molar-refractivity contribution in [2.24, 2.45) is 5.41 Å². The van der Waals surface area contributed by atoms with Gasteiger partial charge in [0.25, 0.3) is 0 Å². The molecule has 0 saturated heterocycles. The Bertz CT molecular complexity index is 491. The fraction of sp³-hybridized carbons (Fsp3) is 0.600. The van der Waals surface area contributed by atoms with Crippen molar-refractivity contribution < 1.29 is 13.9 Å². The first kappa shape index (κ1) is 14.9. The molecule has 3 N–H and O–H groups in total. The van der Waals surface area contributed by atoms with Crippen LogP contribution in [-0.2, 0) is 4.74 Å². The van der Waals surface area contributed by atoms with Crippen molar-refractivity contribution in [3.8, 4) is 5.75 Å². The summed E-state index contributed by atoms with van der Waals surface area (Å²) in [7, 11) is 1.72. The maximum atomic E-state index is 13.7. The predicted octanol–water partition coefficient (Wildman–Crippen LogP) is 3.03. The molecule has 0 spiro atoms. The van der Waals surface area contributed by atoms with Crippen LogP contribution >= 0.6 is 0 Å². The van der Waals surface area contributed by atoms with Crippen molar-refractivity contribution in [1.29, 1.82) is 0 Å². The molecule has 0 aliphatic heterocycles. The number of benzene rings is 1. The molecule has 4 nitrogen and oxygen atoms in total. The molecule has 0 amide bonds. The van der Waals surface area contributed by atoms with Gasteiger partial charge in [-0.25, -0.2) is 4.39 Å². The predicted molar refractivity (Wildman–Crippen MR) is 78.6 cm³/mol. The van der Waals surface area contributed by atoms with Crippen LogP contribution in [0.2, 0.25) is 0 Å². The largest absolute Gasteiger partial charge is 0.491 e. The quantitative estimate of drug-likeness (QED) is 0.815. The molecule has 0 heterocycles. The Hall–Kier alpha value is -1.49. The molecule has 0 aromatic heterocycles. The maximum Gasteiger partial charge on any atom is 0.167 e. The number of nitrogens with two attached hydrogens (primary N) is 1. The monoisotopic (exact) mass is 282 g/mol. The first-order chi connectivity index (χ1) is 9.40. The van der Waals surface area contributed by atoms with Crippen molar-refractivity contribution >= 4 is 11.4 Å². The molecule has 5 heteroatoms. The van der Waals surface area contributed by atoms with E-state index >= 15 is 0 Å². The molecular weight excluding hydrogens is 259 g/mol. The maximum absolute atomic E-state index is 13.7. The summed E-state index contributed by atoms with van der Waals surface area (Å²) in [4.78, 5) is 0. The van der Waals surface area contributed by atoms with E-state index in [1.165, 1.54) is 6.07 Å². The third-order valence-electron chi connectivity index (χ3n) is 4.20. The molecule has 1 aromatic carbocycles. The number of nitrogens with one attached hydrogen (secondary N) is 1. The van der Waals surface area contributed by atoms with Crippen LogP contribution in [-0.4, -0.2) is 25.9 Å². The van der Waals surface area contributed by atoms with Crippen molar-refractivity contribution in [1.82, 2.24) is 0 Å². The zero-order valence-electron chi connectivity index (χ0n) is 12.5. The van der Waals surface area contributed by atoms with Crippen molar-refractivity contribution in [2.45, 2.75) is 39.3 Å². The SMILES string of the molecule is CCOc1cc(NC2CC(OC)C2(C)C)c(N)cc1F. The standard InChI is InChI=1S/C15H23FN2O2/c1-5-20-12-7-11(10(17)6-9(12)16)18-13-8-14(19-4)15(13,2)3/h6-7,13-14,18H,5,8,17H2,1-4H3. The molecule has 112 valence electrons. The van der Waals surface area contributed by atoms with Crippen molar-refractivity contribution in [3.63, 3.8) is 0 Å². The second-order valence-corrected chi connectivity index (χ2v) is 5.78. The van der Waals surface area contributed by atoms with E-state index in [1.54, 1.807) is 13.2 Å². The fourth-order valence-corrected chi connectivity index (χ4v) is 2.68. The molecule has 2 unspecified atom stereocenters. The van der Waals surface area contributed by atoms with Crippen LogP contribution in [0.25, 0.3) is 0 Å². The molecule has 2 rings (SSSR count). The van der Waals surface area contributed by atoms with Crippen molar-refractivity contribution in [2.75, 3.05) is 24.8 Å². The lowest BCUT2D eigenvalue weighted by Crippen LogP contribution is -2.57. The summed E-state index contributed by atoms with van der Waals surface area (Å²) in [5, 5.41) is 3.38. The zero-order chi connectivity index (χ0) is 14.9. The van der Waals surface area contributed by atoms with Crippen molar-refractivity contribution in [3.05, 3.63) is 17.9 Å². The molecular formula is C15H23FN2O2. The van der Waals surface area contributed by atoms with E-state index in [4.69, 9.17) is 15.2 Å². The minimum atomic E-state index is -0.433.